The van der Waals surface area contributed by atoms with E-state index in [9.17, 15) is 30.7 Å². The first-order valence-electron chi connectivity index (χ1n) is 13.5. The Balaban J connectivity index is 1.34. The van der Waals surface area contributed by atoms with Gasteiger partial charge in [0, 0.05) is 18.4 Å². The number of aromatic nitrogens is 4. The van der Waals surface area contributed by atoms with Crippen molar-refractivity contribution >= 4 is 0 Å². The van der Waals surface area contributed by atoms with E-state index in [2.05, 4.69) is 25.5 Å². The number of piperidine rings is 1. The van der Waals surface area contributed by atoms with Gasteiger partial charge in [0.25, 0.3) is 0 Å². The van der Waals surface area contributed by atoms with Gasteiger partial charge in [-0.3, -0.25) is 0 Å². The van der Waals surface area contributed by atoms with Crippen molar-refractivity contribution in [3.63, 3.8) is 0 Å². The molecule has 1 N–H and O–H groups in total. The van der Waals surface area contributed by atoms with Crippen molar-refractivity contribution in [2.75, 3.05) is 19.6 Å². The van der Waals surface area contributed by atoms with Gasteiger partial charge in [-0.05, 0) is 93.1 Å². The number of H-pyrrole nitrogens is 1. The SMILES string of the molecule is C[C@H](OC1CCC(CN2CCC(c3nn[nH]n3)CC2)C1c1ccc(F)cc1)c1cc(C(F)(F)F)cc(C(F)(F)F)c1. The van der Waals surface area contributed by atoms with E-state index in [-0.39, 0.29) is 29.4 Å². The molecule has 3 aromatic rings. The Hall–Kier alpha value is -3.06. The van der Waals surface area contributed by atoms with E-state index in [0.717, 1.165) is 44.5 Å². The molecule has 1 aromatic heterocycles. The maximum absolute atomic E-state index is 13.8. The molecule has 0 radical (unpaired) electrons. The second kappa shape index (κ2) is 11.7. The highest BCUT2D eigenvalue weighted by Gasteiger charge is 2.41. The van der Waals surface area contributed by atoms with Gasteiger partial charge in [0.05, 0.1) is 23.3 Å². The topological polar surface area (TPSA) is 66.9 Å². The van der Waals surface area contributed by atoms with Crippen molar-refractivity contribution < 1.29 is 35.5 Å². The van der Waals surface area contributed by atoms with Gasteiger partial charge >= 0.3 is 12.4 Å². The molecule has 1 aliphatic heterocycles. The monoisotopic (exact) mass is 585 g/mol. The fraction of sp³-hybridized carbons (Fsp3) is 0.536. The summed E-state index contributed by atoms with van der Waals surface area (Å²) in [7, 11) is 0. The number of nitrogens with zero attached hydrogens (tertiary/aromatic N) is 4. The van der Waals surface area contributed by atoms with Gasteiger partial charge in [0.15, 0.2) is 5.82 Å². The highest BCUT2D eigenvalue weighted by molar-refractivity contribution is 5.35. The summed E-state index contributed by atoms with van der Waals surface area (Å²) in [5.74, 6) is 0.404. The van der Waals surface area contributed by atoms with Gasteiger partial charge < -0.3 is 9.64 Å². The minimum absolute atomic E-state index is 0.103. The van der Waals surface area contributed by atoms with Crippen LogP contribution in [0.5, 0.6) is 0 Å². The second-order valence-corrected chi connectivity index (χ2v) is 10.9. The minimum atomic E-state index is -4.94. The summed E-state index contributed by atoms with van der Waals surface area (Å²) in [6.45, 7) is 3.83. The number of alkyl halides is 6. The van der Waals surface area contributed by atoms with Gasteiger partial charge in [-0.15, -0.1) is 10.2 Å². The van der Waals surface area contributed by atoms with E-state index < -0.39 is 41.5 Å². The van der Waals surface area contributed by atoms with Crippen LogP contribution in [0.1, 0.15) is 78.6 Å². The zero-order valence-corrected chi connectivity index (χ0v) is 22.2. The van der Waals surface area contributed by atoms with E-state index in [1.54, 1.807) is 12.1 Å². The lowest BCUT2D eigenvalue weighted by molar-refractivity contribution is -0.143. The standard InChI is InChI=1S/C28H30F7N5O/c1-16(20-12-21(27(30,31)32)14-22(13-20)28(33,34)35)41-24-7-4-19(25(24)17-2-5-23(29)6-3-17)15-40-10-8-18(9-11-40)26-36-38-39-37-26/h2-3,5-6,12-14,16,18-19,24-25H,4,7-11,15H2,1H3,(H,36,37,38,39)/t16-,19?,24?,25?/m0/s1. The van der Waals surface area contributed by atoms with Gasteiger partial charge in [-0.25, -0.2) is 4.39 Å². The van der Waals surface area contributed by atoms with Gasteiger partial charge in [0.1, 0.15) is 5.82 Å². The average molecular weight is 586 g/mol. The minimum Gasteiger partial charge on any atom is -0.370 e. The number of benzene rings is 2. The van der Waals surface area contributed by atoms with Crippen molar-refractivity contribution in [1.29, 1.82) is 0 Å². The Morgan fingerprint density at radius 3 is 2.12 bits per heavy atom. The highest BCUT2D eigenvalue weighted by atomic mass is 19.4. The van der Waals surface area contributed by atoms with E-state index in [4.69, 9.17) is 4.74 Å². The highest BCUT2D eigenvalue weighted by Crippen LogP contribution is 2.45. The lowest BCUT2D eigenvalue weighted by atomic mass is 9.86. The lowest BCUT2D eigenvalue weighted by Crippen LogP contribution is -2.38. The van der Waals surface area contributed by atoms with Crippen LogP contribution in [0.4, 0.5) is 30.7 Å². The van der Waals surface area contributed by atoms with E-state index in [1.165, 1.54) is 19.1 Å². The number of hydrogen-bond acceptors (Lipinski definition) is 5. The molecule has 1 saturated carbocycles. The molecule has 1 saturated heterocycles. The molecule has 222 valence electrons. The maximum Gasteiger partial charge on any atom is 0.416 e. The molecule has 0 amide bonds. The molecule has 2 aliphatic rings. The van der Waals surface area contributed by atoms with Crippen LogP contribution in [-0.2, 0) is 17.1 Å². The Bertz CT molecular complexity index is 1260. The summed E-state index contributed by atoms with van der Waals surface area (Å²) in [6.07, 6.45) is -8.34. The summed E-state index contributed by atoms with van der Waals surface area (Å²) in [4.78, 5) is 2.34. The van der Waals surface area contributed by atoms with E-state index >= 15 is 0 Å². The van der Waals surface area contributed by atoms with Crippen LogP contribution in [-0.4, -0.2) is 51.3 Å². The molecule has 4 atom stereocenters. The van der Waals surface area contributed by atoms with Crippen molar-refractivity contribution in [3.05, 3.63) is 76.4 Å². The average Bonchev–Trinajstić information content (AvgIpc) is 3.59. The number of halogens is 7. The molecular formula is C28H30F7N5O. The van der Waals surface area contributed by atoms with Crippen LogP contribution >= 0.6 is 0 Å². The quantitative estimate of drug-likeness (QED) is 0.306. The number of nitrogens with one attached hydrogen (secondary N) is 1. The molecule has 6 nitrogen and oxygen atoms in total. The molecule has 2 fully saturated rings. The molecule has 2 heterocycles. The molecule has 41 heavy (non-hydrogen) atoms. The van der Waals surface area contributed by atoms with E-state index in [0.29, 0.717) is 24.4 Å². The Labute approximate surface area is 232 Å². The first-order valence-corrected chi connectivity index (χ1v) is 13.5. The third kappa shape index (κ3) is 6.88. The Morgan fingerprint density at radius 2 is 1.56 bits per heavy atom. The third-order valence-corrected chi connectivity index (χ3v) is 8.25. The third-order valence-electron chi connectivity index (χ3n) is 8.25. The van der Waals surface area contributed by atoms with Crippen LogP contribution in [0.3, 0.4) is 0 Å². The van der Waals surface area contributed by atoms with Crippen LogP contribution in [0.2, 0.25) is 0 Å². The zero-order valence-electron chi connectivity index (χ0n) is 22.2. The summed E-state index contributed by atoms with van der Waals surface area (Å²) >= 11 is 0. The molecule has 1 aliphatic carbocycles. The van der Waals surface area contributed by atoms with Crippen molar-refractivity contribution in [1.82, 2.24) is 25.5 Å². The zero-order chi connectivity index (χ0) is 29.4. The summed E-state index contributed by atoms with van der Waals surface area (Å²) < 4.78 is 101. The van der Waals surface area contributed by atoms with Crippen LogP contribution in [0.15, 0.2) is 42.5 Å². The molecule has 2 aromatic carbocycles. The normalized spacial score (nSPS) is 23.7. The largest absolute Gasteiger partial charge is 0.416 e. The summed E-state index contributed by atoms with van der Waals surface area (Å²) in [6, 6.07) is 7.60. The predicted octanol–water partition coefficient (Wildman–Crippen LogP) is 6.90. The number of ether oxygens (including phenoxy) is 1. The molecule has 0 spiro atoms. The Morgan fingerprint density at radius 1 is 0.927 bits per heavy atom. The number of hydrogen-bond donors (Lipinski definition) is 1. The molecular weight excluding hydrogens is 555 g/mol. The molecule has 5 rings (SSSR count). The van der Waals surface area contributed by atoms with Gasteiger partial charge in [-0.1, -0.05) is 17.3 Å². The van der Waals surface area contributed by atoms with Crippen LogP contribution in [0, 0.1) is 11.7 Å². The van der Waals surface area contributed by atoms with Crippen molar-refractivity contribution in [3.8, 4) is 0 Å². The molecule has 0 bridgehead atoms. The predicted molar refractivity (Wildman–Crippen MR) is 134 cm³/mol. The lowest BCUT2D eigenvalue weighted by Gasteiger charge is -2.35. The first-order chi connectivity index (χ1) is 19.4. The number of tetrazole rings is 1. The van der Waals surface area contributed by atoms with Gasteiger partial charge in [-0.2, -0.15) is 31.6 Å². The van der Waals surface area contributed by atoms with Crippen molar-refractivity contribution in [2.24, 2.45) is 5.92 Å². The summed E-state index contributed by atoms with van der Waals surface area (Å²) in [5, 5.41) is 14.3. The van der Waals surface area contributed by atoms with Crippen LogP contribution < -0.4 is 0 Å². The fourth-order valence-corrected chi connectivity index (χ4v) is 6.17. The van der Waals surface area contributed by atoms with E-state index in [1.807, 2.05) is 0 Å². The number of aromatic amines is 1. The fourth-order valence-electron chi connectivity index (χ4n) is 6.17. The first kappa shape index (κ1) is 29.4. The van der Waals surface area contributed by atoms with Crippen LogP contribution in [0.25, 0.3) is 0 Å². The molecule has 3 unspecified atom stereocenters. The number of rotatable bonds is 7. The Kier molecular flexibility index (Phi) is 8.38. The number of likely N-dealkylation sites (tertiary alicyclic amines) is 1. The molecule has 13 heteroatoms. The summed E-state index contributed by atoms with van der Waals surface area (Å²) in [5.41, 5.74) is -2.12. The smallest absolute Gasteiger partial charge is 0.370 e. The van der Waals surface area contributed by atoms with Crippen molar-refractivity contribution in [2.45, 2.75) is 69.0 Å². The van der Waals surface area contributed by atoms with Gasteiger partial charge in [0.2, 0.25) is 0 Å². The second-order valence-electron chi connectivity index (χ2n) is 10.9. The maximum atomic E-state index is 13.8.